The van der Waals surface area contributed by atoms with Crippen LogP contribution in [-0.2, 0) is 14.6 Å². The molecular weight excluding hydrogens is 421 g/mol. The van der Waals surface area contributed by atoms with Crippen LogP contribution in [0.25, 0.3) is 0 Å². The van der Waals surface area contributed by atoms with E-state index in [0.717, 1.165) is 5.56 Å². The van der Waals surface area contributed by atoms with E-state index in [1.165, 1.54) is 47.0 Å². The third kappa shape index (κ3) is 3.23. The van der Waals surface area contributed by atoms with Gasteiger partial charge in [0.25, 0.3) is 0 Å². The molecule has 0 aliphatic carbocycles. The van der Waals surface area contributed by atoms with Crippen molar-refractivity contribution in [2.75, 3.05) is 5.32 Å². The van der Waals surface area contributed by atoms with Gasteiger partial charge in [0, 0.05) is 27.6 Å². The summed E-state index contributed by atoms with van der Waals surface area (Å²) in [4.78, 5) is 13.1. The van der Waals surface area contributed by atoms with Crippen molar-refractivity contribution >= 4 is 44.4 Å². The molecule has 0 saturated carbocycles. The Bertz CT molecular complexity index is 1190. The molecular formula is C20H15ClFNO3S2. The number of halogens is 2. The van der Waals surface area contributed by atoms with Crippen LogP contribution in [0, 0.1) is 12.7 Å². The van der Waals surface area contributed by atoms with Crippen molar-refractivity contribution in [2.45, 2.75) is 29.1 Å². The van der Waals surface area contributed by atoms with Gasteiger partial charge in [0.2, 0.25) is 15.7 Å². The zero-order chi connectivity index (χ0) is 20.1. The highest BCUT2D eigenvalue weighted by molar-refractivity contribution is 7.91. The summed E-state index contributed by atoms with van der Waals surface area (Å²) in [6.45, 7) is 1.87. The molecule has 144 valence electrons. The minimum atomic E-state index is -3.83. The topological polar surface area (TPSA) is 63.2 Å². The number of hydrogen-bond acceptors (Lipinski definition) is 4. The van der Waals surface area contributed by atoms with Crippen molar-refractivity contribution in [1.29, 1.82) is 0 Å². The first kappa shape index (κ1) is 19.1. The lowest BCUT2D eigenvalue weighted by Crippen LogP contribution is -2.24. The van der Waals surface area contributed by atoms with Gasteiger partial charge in [-0.3, -0.25) is 4.79 Å². The van der Waals surface area contributed by atoms with Gasteiger partial charge >= 0.3 is 0 Å². The molecule has 2 heterocycles. The summed E-state index contributed by atoms with van der Waals surface area (Å²) in [5.74, 6) is -1.43. The average Bonchev–Trinajstić information content (AvgIpc) is 3.08. The Labute approximate surface area is 170 Å². The number of nitrogens with one attached hydrogen (secondary N) is 1. The van der Waals surface area contributed by atoms with Crippen molar-refractivity contribution in [3.05, 3.63) is 74.7 Å². The zero-order valence-corrected chi connectivity index (χ0v) is 17.1. The second-order valence-electron chi connectivity index (χ2n) is 6.63. The van der Waals surface area contributed by atoms with Gasteiger partial charge in [0.15, 0.2) is 0 Å². The van der Waals surface area contributed by atoms with Crippen LogP contribution in [0.15, 0.2) is 57.6 Å². The number of hydrogen-bond donors (Lipinski definition) is 1. The average molecular weight is 436 g/mol. The van der Waals surface area contributed by atoms with Gasteiger partial charge in [-0.15, -0.1) is 11.3 Å². The Morgan fingerprint density at radius 1 is 1.18 bits per heavy atom. The van der Waals surface area contributed by atoms with Crippen LogP contribution in [-0.4, -0.2) is 14.3 Å². The Kier molecular flexibility index (Phi) is 4.77. The van der Waals surface area contributed by atoms with Gasteiger partial charge in [0.05, 0.1) is 10.6 Å². The van der Waals surface area contributed by atoms with Gasteiger partial charge in [-0.25, -0.2) is 12.8 Å². The first-order chi connectivity index (χ1) is 13.3. The molecule has 0 fully saturated rings. The lowest BCUT2D eigenvalue weighted by Gasteiger charge is -2.24. The van der Waals surface area contributed by atoms with Crippen molar-refractivity contribution in [3.63, 3.8) is 0 Å². The molecule has 8 heteroatoms. The molecule has 2 aromatic carbocycles. The fourth-order valence-corrected chi connectivity index (χ4v) is 6.36. The second kappa shape index (κ2) is 6.99. The highest BCUT2D eigenvalue weighted by Gasteiger charge is 2.35. The van der Waals surface area contributed by atoms with Crippen LogP contribution < -0.4 is 5.32 Å². The van der Waals surface area contributed by atoms with E-state index in [4.69, 9.17) is 11.6 Å². The van der Waals surface area contributed by atoms with Crippen LogP contribution >= 0.6 is 22.9 Å². The summed E-state index contributed by atoms with van der Waals surface area (Å²) in [6.07, 6.45) is 0.0226. The second-order valence-corrected chi connectivity index (χ2v) is 9.89. The highest BCUT2D eigenvalue weighted by Crippen LogP contribution is 2.46. The predicted molar refractivity (Wildman–Crippen MR) is 107 cm³/mol. The summed E-state index contributed by atoms with van der Waals surface area (Å²) >= 11 is 7.20. The summed E-state index contributed by atoms with van der Waals surface area (Å²) < 4.78 is 40.6. The van der Waals surface area contributed by atoms with E-state index >= 15 is 0 Å². The third-order valence-electron chi connectivity index (χ3n) is 4.71. The molecule has 1 aromatic heterocycles. The molecule has 0 saturated heterocycles. The zero-order valence-electron chi connectivity index (χ0n) is 14.7. The molecule has 4 rings (SSSR count). The van der Waals surface area contributed by atoms with Crippen LogP contribution in [0.4, 0.5) is 10.1 Å². The number of rotatable bonds is 3. The summed E-state index contributed by atoms with van der Waals surface area (Å²) in [7, 11) is -3.83. The van der Waals surface area contributed by atoms with E-state index < -0.39 is 21.6 Å². The smallest absolute Gasteiger partial charge is 0.225 e. The molecule has 1 atom stereocenters. The SMILES string of the molecule is Cc1ccc(S(=O)(=O)c2csc3c2NC(=O)C[C@H]3c2cc(Cl)ccc2F)cc1. The molecule has 0 unspecified atom stereocenters. The lowest BCUT2D eigenvalue weighted by atomic mass is 9.90. The number of carbonyl (C=O) groups is 1. The van der Waals surface area contributed by atoms with Crippen molar-refractivity contribution in [3.8, 4) is 0 Å². The fraction of sp³-hybridized carbons (Fsp3) is 0.150. The normalized spacial score (nSPS) is 16.5. The van der Waals surface area contributed by atoms with E-state index in [1.54, 1.807) is 12.1 Å². The van der Waals surface area contributed by atoms with E-state index in [1.807, 2.05) is 6.92 Å². The number of sulfone groups is 1. The summed E-state index contributed by atoms with van der Waals surface area (Å²) in [6, 6.07) is 10.7. The van der Waals surface area contributed by atoms with Gasteiger partial charge < -0.3 is 5.32 Å². The molecule has 1 N–H and O–H groups in total. The largest absolute Gasteiger partial charge is 0.324 e. The predicted octanol–water partition coefficient (Wildman–Crippen LogP) is 5.16. The fourth-order valence-electron chi connectivity index (χ4n) is 3.28. The minimum absolute atomic E-state index is 0.0226. The van der Waals surface area contributed by atoms with E-state index in [9.17, 15) is 17.6 Å². The van der Waals surface area contributed by atoms with Crippen LogP contribution in [0.5, 0.6) is 0 Å². The monoisotopic (exact) mass is 435 g/mol. The molecule has 0 bridgehead atoms. The van der Waals surface area contributed by atoms with E-state index in [0.29, 0.717) is 9.90 Å². The first-order valence-electron chi connectivity index (χ1n) is 8.45. The highest BCUT2D eigenvalue weighted by atomic mass is 35.5. The third-order valence-corrected chi connectivity index (χ3v) is 7.98. The maximum absolute atomic E-state index is 14.4. The van der Waals surface area contributed by atoms with Gasteiger partial charge in [-0.2, -0.15) is 0 Å². The van der Waals surface area contributed by atoms with Crippen molar-refractivity contribution < 1.29 is 17.6 Å². The molecule has 0 spiro atoms. The molecule has 0 radical (unpaired) electrons. The standard InChI is InChI=1S/C20H15ClFNO3S2/c1-11-2-5-13(6-3-11)28(25,26)17-10-27-20-15(9-18(24)23-19(17)20)14-8-12(21)4-7-16(14)22/h2-8,10,15H,9H2,1H3,(H,23,24)/t15-/m0/s1. The number of carbonyl (C=O) groups excluding carboxylic acids is 1. The number of thiophene rings is 1. The molecule has 28 heavy (non-hydrogen) atoms. The van der Waals surface area contributed by atoms with E-state index in [-0.39, 0.29) is 33.4 Å². The quantitative estimate of drug-likeness (QED) is 0.618. The number of benzene rings is 2. The van der Waals surface area contributed by atoms with Gasteiger partial charge in [0.1, 0.15) is 10.7 Å². The van der Waals surface area contributed by atoms with Crippen molar-refractivity contribution in [1.82, 2.24) is 0 Å². The Morgan fingerprint density at radius 2 is 1.89 bits per heavy atom. The Morgan fingerprint density at radius 3 is 2.61 bits per heavy atom. The number of aryl methyl sites for hydroxylation is 1. The lowest BCUT2D eigenvalue weighted by molar-refractivity contribution is -0.116. The maximum atomic E-state index is 14.4. The molecule has 3 aromatic rings. The minimum Gasteiger partial charge on any atom is -0.324 e. The Balaban J connectivity index is 1.85. The van der Waals surface area contributed by atoms with Gasteiger partial charge in [-0.05, 0) is 42.8 Å². The molecule has 4 nitrogen and oxygen atoms in total. The first-order valence-corrected chi connectivity index (χ1v) is 11.2. The van der Waals surface area contributed by atoms with Crippen LogP contribution in [0.3, 0.4) is 0 Å². The van der Waals surface area contributed by atoms with Crippen LogP contribution in [0.2, 0.25) is 5.02 Å². The maximum Gasteiger partial charge on any atom is 0.225 e. The molecule has 1 amide bonds. The molecule has 1 aliphatic heterocycles. The Hall–Kier alpha value is -2.22. The number of anilines is 1. The summed E-state index contributed by atoms with van der Waals surface area (Å²) in [5, 5.41) is 4.52. The van der Waals surface area contributed by atoms with Gasteiger partial charge in [-0.1, -0.05) is 29.3 Å². The number of fused-ring (bicyclic) bond motifs is 1. The summed E-state index contributed by atoms with van der Waals surface area (Å²) in [5.41, 5.74) is 1.45. The number of amides is 1. The van der Waals surface area contributed by atoms with E-state index in [2.05, 4.69) is 5.32 Å². The van der Waals surface area contributed by atoms with Crippen LogP contribution in [0.1, 0.15) is 28.3 Å². The van der Waals surface area contributed by atoms with Crippen molar-refractivity contribution in [2.24, 2.45) is 0 Å². The molecule has 1 aliphatic rings.